The Hall–Kier alpha value is 0.137. The molecule has 4 heavy (non-hydrogen) atoms. The van der Waals surface area contributed by atoms with Gasteiger partial charge in [0.1, 0.15) is 0 Å². The average molecular weight is 70.1 g/mol. The summed E-state index contributed by atoms with van der Waals surface area (Å²) in [6, 6.07) is 0. The Morgan fingerprint density at radius 3 is 1.00 bits per heavy atom. The van der Waals surface area contributed by atoms with Gasteiger partial charge in [-0.3, -0.25) is 0 Å². The Bertz CT molecular complexity index is 8.00. The lowest BCUT2D eigenvalue weighted by atomic mass is 12.0. The summed E-state index contributed by atoms with van der Waals surface area (Å²) >= 11 is 0. The van der Waals surface area contributed by atoms with E-state index in [0.717, 1.165) is 0 Å². The summed E-state index contributed by atoms with van der Waals surface area (Å²) in [4.78, 5) is 0. The Kier molecular flexibility index (Phi) is 415000. The van der Waals surface area contributed by atoms with E-state index in [1.165, 1.54) is 0 Å². The van der Waals surface area contributed by atoms with Crippen molar-refractivity contribution in [2.45, 2.75) is 0 Å². The maximum absolute atomic E-state index is 0. The van der Waals surface area contributed by atoms with E-state index in [1.54, 1.807) is 0 Å². The Labute approximate surface area is 31.1 Å². The Morgan fingerprint density at radius 2 is 1.00 bits per heavy atom. The highest BCUT2D eigenvalue weighted by molar-refractivity contribution is 5.75. The van der Waals surface area contributed by atoms with Gasteiger partial charge in [-0.1, -0.05) is 0 Å². The standard InChI is InChI=1S/C.N.O.Si. The topological polar surface area (TPSA) is 59.0 Å². The molecule has 13 radical (unpaired) electrons. The van der Waals surface area contributed by atoms with Crippen LogP contribution in [0, 0.1) is 7.43 Å². The van der Waals surface area contributed by atoms with E-state index in [9.17, 15) is 0 Å². The van der Waals surface area contributed by atoms with Crippen LogP contribution in [0.1, 0.15) is 0 Å². The summed E-state index contributed by atoms with van der Waals surface area (Å²) in [5.74, 6) is 0. The van der Waals surface area contributed by atoms with Gasteiger partial charge in [0.05, 0.1) is 0 Å². The molecule has 0 aromatic rings. The third-order valence-corrected chi connectivity index (χ3v) is 0. The molecule has 0 amide bonds. The first-order chi connectivity index (χ1) is 0. The largest absolute Gasteiger partial charge is 0 e. The van der Waals surface area contributed by atoms with Crippen LogP contribution in [-0.4, -0.2) is 11.0 Å². The molecule has 0 aliphatic heterocycles. The van der Waals surface area contributed by atoms with E-state index in [2.05, 4.69) is 0 Å². The first-order valence-electron chi connectivity index (χ1n) is 0. The van der Waals surface area contributed by atoms with Crippen LogP contribution in [-0.2, 0) is 5.48 Å². The fourth-order valence-corrected chi connectivity index (χ4v) is 0. The van der Waals surface area contributed by atoms with Crippen LogP contribution in [0.4, 0.5) is 0 Å². The second-order valence-corrected chi connectivity index (χ2v) is 0. The van der Waals surface area contributed by atoms with Gasteiger partial charge in [-0.15, -0.1) is 0 Å². The van der Waals surface area contributed by atoms with Crippen LogP contribution in [0.15, 0.2) is 0 Å². The second kappa shape index (κ2) is 764. The van der Waals surface area contributed by atoms with Crippen LogP contribution in [0.2, 0.25) is 0 Å². The fourth-order valence-electron chi connectivity index (χ4n) is 0. The Morgan fingerprint density at radius 1 is 1.00 bits per heavy atom. The monoisotopic (exact) mass is 70.0 g/mol. The molecule has 0 N–H and O–H groups in total. The number of hydrogen-bond acceptors (Lipinski definition) is 0. The van der Waals surface area contributed by atoms with Crippen molar-refractivity contribution >= 4 is 11.0 Å². The van der Waals surface area contributed by atoms with Gasteiger partial charge < -0.3 is 0 Å². The molecule has 19 valence electrons. The number of hydrogen-bond donors (Lipinski definition) is 0. The van der Waals surface area contributed by atoms with Crippen molar-refractivity contribution in [2.75, 3.05) is 0 Å². The first kappa shape index (κ1) is 2170. The van der Waals surface area contributed by atoms with Gasteiger partial charge in [-0.2, -0.15) is 0 Å². The third kappa shape index (κ3) is 147. The van der Waals surface area contributed by atoms with Crippen molar-refractivity contribution in [1.29, 1.82) is 0 Å². The highest BCUT2D eigenvalue weighted by atomic mass is 28.1. The van der Waals surface area contributed by atoms with Gasteiger partial charge in [0, 0.05) is 30.0 Å². The quantitative estimate of drug-likeness (QED) is 0.332. The van der Waals surface area contributed by atoms with Gasteiger partial charge in [-0.05, 0) is 0 Å². The summed E-state index contributed by atoms with van der Waals surface area (Å²) in [5, 5.41) is 0. The summed E-state index contributed by atoms with van der Waals surface area (Å²) in [6.07, 6.45) is 0. The predicted molar refractivity (Wildman–Crippen MR) is 11.8 cm³/mol. The highest BCUT2D eigenvalue weighted by Gasteiger charge is 0.00300. The molecule has 0 unspecified atom stereocenters. The lowest BCUT2D eigenvalue weighted by Crippen LogP contribution is -0.481. The molecule has 3 heteroatoms. The van der Waals surface area contributed by atoms with Crippen molar-refractivity contribution in [3.8, 4) is 0 Å². The normalized spacial score (nSPS) is 0. The van der Waals surface area contributed by atoms with E-state index in [1.807, 2.05) is 0 Å². The summed E-state index contributed by atoms with van der Waals surface area (Å²) in [7, 11) is 0. The molecule has 0 saturated heterocycles. The van der Waals surface area contributed by atoms with E-state index < -0.39 is 0 Å². The smallest absolute Gasteiger partial charge is 0 e. The summed E-state index contributed by atoms with van der Waals surface area (Å²) < 4.78 is 0. The van der Waals surface area contributed by atoms with Gasteiger partial charge in [-0.25, -0.2) is 0 Å². The average Bonchev–Trinajstić information content (AvgIpc) is 0. The molecule has 0 fully saturated rings. The molecule has 0 spiro atoms. The molecule has 0 rings (SSSR count). The highest BCUT2D eigenvalue weighted by Crippen LogP contribution is 0.0813. The minimum Gasteiger partial charge on any atom is 0 e. The van der Waals surface area contributed by atoms with Crippen molar-refractivity contribution < 1.29 is 5.48 Å². The predicted octanol–water partition coefficient (Wildman–Crippen LogP) is -0.899. The zero-order valence-electron chi connectivity index (χ0n) is 1.86. The lowest BCUT2D eigenvalue weighted by molar-refractivity contribution is 0.686. The Balaban J connectivity index is 0. The molecular weight excluding hydrogens is 70.1 g/mol. The molecule has 0 atom stereocenters. The molecule has 2 nitrogen and oxygen atoms in total. The van der Waals surface area contributed by atoms with Crippen LogP contribution < -0.4 is 6.15 Å². The minimum atomic E-state index is 0. The zero-order valence-corrected chi connectivity index (χ0v) is 2.86. The molecule has 0 saturated carbocycles. The summed E-state index contributed by atoms with van der Waals surface area (Å²) in [6.45, 7) is 0. The van der Waals surface area contributed by atoms with Crippen LogP contribution in [0.3, 0.4) is 0 Å². The van der Waals surface area contributed by atoms with E-state index in [0.29, 0.717) is 0 Å². The first-order valence-corrected chi connectivity index (χ1v) is 0. The minimum absolute atomic E-state index is 0. The van der Waals surface area contributed by atoms with E-state index in [-0.39, 0.29) is 30.0 Å². The molecule has 0 aliphatic carbocycles. The molecule has 0 aromatic carbocycles. The second-order valence-electron chi connectivity index (χ2n) is 0. The lowest BCUT2D eigenvalue weighted by Gasteiger charge is -0.00100. The van der Waals surface area contributed by atoms with Crippen molar-refractivity contribution in [3.05, 3.63) is 7.43 Å². The molecule has 0 bridgehead atoms. The molecule has 0 aliphatic rings. The number of nitrogens with zero attached hydrogens (tertiary/aromatic N) is 1. The van der Waals surface area contributed by atoms with Gasteiger partial charge in [0.2, 0.25) is 0 Å². The third-order valence-electron chi connectivity index (χ3n) is 0. The summed E-state index contributed by atoms with van der Waals surface area (Å²) in [5.41, 5.74) is 0. The van der Waals surface area contributed by atoms with Crippen molar-refractivity contribution in [2.24, 2.45) is 0 Å². The number of rotatable bonds is 0. The van der Waals surface area contributed by atoms with Crippen LogP contribution in [0.25, 0.3) is 0 Å². The fraction of sp³-hybridized carbons (Fsp3) is 0. The molecule has 0 heterocycles. The van der Waals surface area contributed by atoms with E-state index >= 15 is 0 Å². The van der Waals surface area contributed by atoms with Crippen LogP contribution in [0.5, 0.6) is 0 Å². The molecule has 0 aromatic heterocycles. The zero-order chi connectivity index (χ0) is 0. The maximum atomic E-state index is 0. The van der Waals surface area contributed by atoms with Crippen molar-refractivity contribution in [1.82, 2.24) is 6.15 Å². The van der Waals surface area contributed by atoms with Gasteiger partial charge in [0.25, 0.3) is 0 Å². The SMILES string of the molecule is [C].[N].[O].[Si]. The van der Waals surface area contributed by atoms with Gasteiger partial charge in [0.15, 0.2) is 0 Å². The van der Waals surface area contributed by atoms with Crippen LogP contribution >= 0.6 is 0 Å². The van der Waals surface area contributed by atoms with E-state index in [4.69, 9.17) is 0 Å². The van der Waals surface area contributed by atoms with Gasteiger partial charge >= 0.3 is 0 Å². The van der Waals surface area contributed by atoms with Crippen molar-refractivity contribution in [3.63, 3.8) is 0 Å². The maximum Gasteiger partial charge on any atom is 0 e. The molecular formula is CNOSi.